The van der Waals surface area contributed by atoms with E-state index in [4.69, 9.17) is 9.47 Å². The average molecular weight is 380 g/mol. The summed E-state index contributed by atoms with van der Waals surface area (Å²) in [5.74, 6) is 0.0513. The molecule has 1 amide bonds. The fourth-order valence-corrected chi connectivity index (χ4v) is 4.29. The Hall–Kier alpha value is -2.37. The maximum absolute atomic E-state index is 13.3. The molecule has 0 saturated carbocycles. The van der Waals surface area contributed by atoms with E-state index in [9.17, 15) is 4.79 Å². The second kappa shape index (κ2) is 8.33. The van der Waals surface area contributed by atoms with E-state index in [1.165, 1.54) is 5.69 Å². The lowest BCUT2D eigenvalue weighted by molar-refractivity contribution is -0.125. The molecule has 2 aromatic carbocycles. The Labute approximate surface area is 166 Å². The zero-order valence-corrected chi connectivity index (χ0v) is 16.4. The van der Waals surface area contributed by atoms with Crippen LogP contribution in [0, 0.1) is 0 Å². The van der Waals surface area contributed by atoms with Crippen molar-refractivity contribution >= 4 is 17.3 Å². The van der Waals surface area contributed by atoms with Crippen LogP contribution in [0.1, 0.15) is 24.8 Å². The van der Waals surface area contributed by atoms with Crippen molar-refractivity contribution in [2.45, 2.75) is 30.8 Å². The summed E-state index contributed by atoms with van der Waals surface area (Å²) in [5.41, 5.74) is 2.54. The summed E-state index contributed by atoms with van der Waals surface area (Å²) in [7, 11) is 1.77. The Kier molecular flexibility index (Phi) is 5.64. The number of carbonyl (C=O) groups excluding carboxylic acids is 1. The first-order chi connectivity index (χ1) is 13.7. The zero-order valence-electron chi connectivity index (χ0n) is 16.4. The minimum absolute atomic E-state index is 0.0513. The predicted molar refractivity (Wildman–Crippen MR) is 111 cm³/mol. The summed E-state index contributed by atoms with van der Waals surface area (Å²) in [4.78, 5) is 15.6. The number of ether oxygens (including phenoxy) is 2. The molecule has 0 bridgehead atoms. The van der Waals surface area contributed by atoms with Crippen molar-refractivity contribution < 1.29 is 14.3 Å². The number of amides is 1. The third kappa shape index (κ3) is 3.77. The van der Waals surface area contributed by atoms with E-state index in [1.54, 1.807) is 7.11 Å². The SMILES string of the molecule is COC1CCN(c2ccc(NC(=O)C3(c4ccccc4)CCOCC3)cc2)C1. The van der Waals surface area contributed by atoms with Crippen molar-refractivity contribution in [1.82, 2.24) is 0 Å². The van der Waals surface area contributed by atoms with Gasteiger partial charge in [0.1, 0.15) is 0 Å². The molecule has 148 valence electrons. The monoisotopic (exact) mass is 380 g/mol. The highest BCUT2D eigenvalue weighted by Crippen LogP contribution is 2.36. The van der Waals surface area contributed by atoms with Gasteiger partial charge in [-0.25, -0.2) is 0 Å². The molecule has 0 aromatic heterocycles. The van der Waals surface area contributed by atoms with E-state index in [0.29, 0.717) is 32.2 Å². The standard InChI is InChI=1S/C23H28N2O3/c1-27-21-11-14-25(17-21)20-9-7-19(8-10-20)24-22(26)23(12-15-28-16-13-23)18-5-3-2-4-6-18/h2-10,21H,11-17H2,1H3,(H,24,26). The molecule has 1 N–H and O–H groups in total. The first-order valence-electron chi connectivity index (χ1n) is 10.0. The molecule has 2 aliphatic heterocycles. The number of rotatable bonds is 5. The van der Waals surface area contributed by atoms with Crippen LogP contribution in [0.15, 0.2) is 54.6 Å². The molecular weight excluding hydrogens is 352 g/mol. The van der Waals surface area contributed by atoms with Gasteiger partial charge in [-0.15, -0.1) is 0 Å². The third-order valence-corrected chi connectivity index (χ3v) is 6.08. The molecule has 2 aliphatic rings. The van der Waals surface area contributed by atoms with Gasteiger partial charge in [0.25, 0.3) is 0 Å². The lowest BCUT2D eigenvalue weighted by Crippen LogP contribution is -2.44. The van der Waals surface area contributed by atoms with Crippen molar-refractivity contribution in [2.24, 2.45) is 0 Å². The van der Waals surface area contributed by atoms with Gasteiger partial charge in [-0.1, -0.05) is 30.3 Å². The Morgan fingerprint density at radius 3 is 2.46 bits per heavy atom. The fraction of sp³-hybridized carbons (Fsp3) is 0.435. The van der Waals surface area contributed by atoms with Crippen LogP contribution in [0.4, 0.5) is 11.4 Å². The normalized spacial score (nSPS) is 21.5. The average Bonchev–Trinajstić information content (AvgIpc) is 3.25. The largest absolute Gasteiger partial charge is 0.381 e. The van der Waals surface area contributed by atoms with E-state index in [0.717, 1.165) is 30.8 Å². The maximum Gasteiger partial charge on any atom is 0.235 e. The number of nitrogens with zero attached hydrogens (tertiary/aromatic N) is 1. The number of hydrogen-bond acceptors (Lipinski definition) is 4. The Morgan fingerprint density at radius 2 is 1.82 bits per heavy atom. The lowest BCUT2D eigenvalue weighted by atomic mass is 9.73. The van der Waals surface area contributed by atoms with E-state index >= 15 is 0 Å². The second-order valence-electron chi connectivity index (χ2n) is 7.65. The minimum atomic E-state index is -0.529. The molecule has 28 heavy (non-hydrogen) atoms. The van der Waals surface area contributed by atoms with Crippen molar-refractivity contribution in [3.05, 3.63) is 60.2 Å². The van der Waals surface area contributed by atoms with Crippen molar-refractivity contribution in [1.29, 1.82) is 0 Å². The molecule has 0 radical (unpaired) electrons. The number of hydrogen-bond donors (Lipinski definition) is 1. The Balaban J connectivity index is 1.49. The van der Waals surface area contributed by atoms with Crippen LogP contribution in [-0.2, 0) is 19.7 Å². The third-order valence-electron chi connectivity index (χ3n) is 6.08. The highest BCUT2D eigenvalue weighted by Gasteiger charge is 2.41. The van der Waals surface area contributed by atoms with E-state index in [-0.39, 0.29) is 5.91 Å². The van der Waals surface area contributed by atoms with Crippen LogP contribution in [0.25, 0.3) is 0 Å². The lowest BCUT2D eigenvalue weighted by Gasteiger charge is -2.36. The van der Waals surface area contributed by atoms with Crippen molar-refractivity contribution in [2.75, 3.05) is 43.6 Å². The summed E-state index contributed by atoms with van der Waals surface area (Å²) < 4.78 is 11.0. The van der Waals surface area contributed by atoms with Crippen LogP contribution in [-0.4, -0.2) is 45.4 Å². The van der Waals surface area contributed by atoms with E-state index < -0.39 is 5.41 Å². The summed E-state index contributed by atoms with van der Waals surface area (Å²) in [6.45, 7) is 3.13. The minimum Gasteiger partial charge on any atom is -0.381 e. The molecule has 0 spiro atoms. The molecule has 2 heterocycles. The molecule has 1 atom stereocenters. The highest BCUT2D eigenvalue weighted by atomic mass is 16.5. The predicted octanol–water partition coefficient (Wildman–Crippen LogP) is 3.60. The van der Waals surface area contributed by atoms with Crippen LogP contribution in [0.2, 0.25) is 0 Å². The van der Waals surface area contributed by atoms with Gasteiger partial charge in [-0.05, 0) is 49.1 Å². The van der Waals surface area contributed by atoms with Gasteiger partial charge in [0.2, 0.25) is 5.91 Å². The quantitative estimate of drug-likeness (QED) is 0.861. The molecule has 2 aromatic rings. The highest BCUT2D eigenvalue weighted by molar-refractivity contribution is 5.99. The van der Waals surface area contributed by atoms with Gasteiger partial charge in [-0.2, -0.15) is 0 Å². The first-order valence-corrected chi connectivity index (χ1v) is 10.0. The van der Waals surface area contributed by atoms with Gasteiger partial charge in [-0.3, -0.25) is 4.79 Å². The number of anilines is 2. The molecule has 5 nitrogen and oxygen atoms in total. The van der Waals surface area contributed by atoms with E-state index in [2.05, 4.69) is 22.3 Å². The number of methoxy groups -OCH3 is 1. The number of nitrogens with one attached hydrogen (secondary N) is 1. The summed E-state index contributed by atoms with van der Waals surface area (Å²) in [6, 6.07) is 18.2. The second-order valence-corrected chi connectivity index (χ2v) is 7.65. The summed E-state index contributed by atoms with van der Waals surface area (Å²) >= 11 is 0. The number of benzene rings is 2. The van der Waals surface area contributed by atoms with Gasteiger partial charge >= 0.3 is 0 Å². The molecule has 2 saturated heterocycles. The van der Waals surface area contributed by atoms with Crippen LogP contribution in [0.5, 0.6) is 0 Å². The van der Waals surface area contributed by atoms with Gasteiger partial charge in [0.05, 0.1) is 11.5 Å². The molecule has 4 rings (SSSR count). The van der Waals surface area contributed by atoms with Crippen molar-refractivity contribution in [3.63, 3.8) is 0 Å². The number of carbonyl (C=O) groups is 1. The zero-order chi connectivity index (χ0) is 19.4. The smallest absolute Gasteiger partial charge is 0.235 e. The Morgan fingerprint density at radius 1 is 1.11 bits per heavy atom. The molecular formula is C23H28N2O3. The van der Waals surface area contributed by atoms with Gasteiger partial charge in [0.15, 0.2) is 0 Å². The first kappa shape index (κ1) is 19.0. The molecule has 5 heteroatoms. The van der Waals surface area contributed by atoms with Gasteiger partial charge < -0.3 is 19.7 Å². The maximum atomic E-state index is 13.3. The summed E-state index contributed by atoms with van der Waals surface area (Å²) in [5, 5.41) is 3.15. The molecule has 1 unspecified atom stereocenters. The fourth-order valence-electron chi connectivity index (χ4n) is 4.29. The molecule has 0 aliphatic carbocycles. The van der Waals surface area contributed by atoms with Crippen LogP contribution in [0.3, 0.4) is 0 Å². The van der Waals surface area contributed by atoms with Crippen LogP contribution >= 0.6 is 0 Å². The van der Waals surface area contributed by atoms with E-state index in [1.807, 2.05) is 42.5 Å². The van der Waals surface area contributed by atoms with Crippen LogP contribution < -0.4 is 10.2 Å². The summed E-state index contributed by atoms with van der Waals surface area (Å²) in [6.07, 6.45) is 2.76. The topological polar surface area (TPSA) is 50.8 Å². The van der Waals surface area contributed by atoms with Gasteiger partial charge in [0, 0.05) is 44.8 Å². The Bertz CT molecular complexity index is 785. The van der Waals surface area contributed by atoms with Crippen molar-refractivity contribution in [3.8, 4) is 0 Å². The molecule has 2 fully saturated rings.